The van der Waals surface area contributed by atoms with Crippen LogP contribution in [0.4, 0.5) is 5.69 Å². The summed E-state index contributed by atoms with van der Waals surface area (Å²) in [6.45, 7) is 0.246. The van der Waals surface area contributed by atoms with Crippen LogP contribution in [0.2, 0.25) is 0 Å². The second-order valence-electron chi connectivity index (χ2n) is 4.17. The van der Waals surface area contributed by atoms with E-state index >= 15 is 0 Å². The zero-order valence-electron chi connectivity index (χ0n) is 10.3. The van der Waals surface area contributed by atoms with E-state index in [0.717, 1.165) is 14.5 Å². The highest BCUT2D eigenvalue weighted by Gasteiger charge is 2.10. The van der Waals surface area contributed by atoms with Crippen molar-refractivity contribution in [3.8, 4) is 5.75 Å². The van der Waals surface area contributed by atoms with Gasteiger partial charge in [0.1, 0.15) is 11.3 Å². The normalized spacial score (nSPS) is 10.9. The van der Waals surface area contributed by atoms with Gasteiger partial charge in [-0.25, -0.2) is 4.98 Å². The SMILES string of the molecule is Nc1ccc2oc(COc3c(Br)cccc3Br)nc2c1. The molecule has 0 amide bonds. The Morgan fingerprint density at radius 1 is 1.15 bits per heavy atom. The largest absolute Gasteiger partial charge is 0.481 e. The second-order valence-corrected chi connectivity index (χ2v) is 5.88. The molecule has 0 aliphatic rings. The molecule has 0 spiro atoms. The van der Waals surface area contributed by atoms with Crippen LogP contribution < -0.4 is 10.5 Å². The van der Waals surface area contributed by atoms with Gasteiger partial charge in [0.2, 0.25) is 5.89 Å². The highest BCUT2D eigenvalue weighted by atomic mass is 79.9. The van der Waals surface area contributed by atoms with Crippen LogP contribution in [0.5, 0.6) is 5.75 Å². The molecular weight excluding hydrogens is 388 g/mol. The Morgan fingerprint density at radius 3 is 2.65 bits per heavy atom. The molecule has 3 aromatic rings. The minimum Gasteiger partial charge on any atom is -0.481 e. The highest BCUT2D eigenvalue weighted by molar-refractivity contribution is 9.11. The zero-order valence-corrected chi connectivity index (χ0v) is 13.4. The molecule has 0 saturated carbocycles. The number of nitrogens with zero attached hydrogens (tertiary/aromatic N) is 1. The zero-order chi connectivity index (χ0) is 14.1. The van der Waals surface area contributed by atoms with Gasteiger partial charge >= 0.3 is 0 Å². The predicted octanol–water partition coefficient (Wildman–Crippen LogP) is 4.51. The number of anilines is 1. The van der Waals surface area contributed by atoms with Crippen LogP contribution in [-0.4, -0.2) is 4.98 Å². The molecule has 20 heavy (non-hydrogen) atoms. The Kier molecular flexibility index (Phi) is 3.67. The van der Waals surface area contributed by atoms with Crippen LogP contribution in [0.3, 0.4) is 0 Å². The lowest BCUT2D eigenvalue weighted by molar-refractivity contribution is 0.264. The summed E-state index contributed by atoms with van der Waals surface area (Å²) in [5, 5.41) is 0. The number of hydrogen-bond acceptors (Lipinski definition) is 4. The highest BCUT2D eigenvalue weighted by Crippen LogP contribution is 2.33. The number of fused-ring (bicyclic) bond motifs is 1. The third-order valence-electron chi connectivity index (χ3n) is 2.71. The number of para-hydroxylation sites is 1. The van der Waals surface area contributed by atoms with Gasteiger partial charge in [0, 0.05) is 5.69 Å². The number of nitrogens with two attached hydrogens (primary N) is 1. The lowest BCUT2D eigenvalue weighted by Crippen LogP contribution is -1.96. The molecule has 0 saturated heterocycles. The summed E-state index contributed by atoms with van der Waals surface area (Å²) in [4.78, 5) is 4.35. The standard InChI is InChI=1S/C14H10Br2N2O2/c15-9-2-1-3-10(16)14(9)19-7-13-18-11-6-8(17)4-5-12(11)20-13/h1-6H,7,17H2. The summed E-state index contributed by atoms with van der Waals surface area (Å²) in [7, 11) is 0. The first kappa shape index (κ1) is 13.5. The van der Waals surface area contributed by atoms with Crippen LogP contribution in [0, 0.1) is 0 Å². The van der Waals surface area contributed by atoms with Crippen LogP contribution >= 0.6 is 31.9 Å². The first-order valence-corrected chi connectivity index (χ1v) is 7.44. The number of aromatic nitrogens is 1. The summed E-state index contributed by atoms with van der Waals surface area (Å²) < 4.78 is 13.1. The van der Waals surface area contributed by atoms with Gasteiger partial charge in [-0.3, -0.25) is 0 Å². The maximum atomic E-state index is 5.73. The van der Waals surface area contributed by atoms with E-state index < -0.39 is 0 Å². The molecule has 0 radical (unpaired) electrons. The van der Waals surface area contributed by atoms with Gasteiger partial charge in [-0.05, 0) is 62.2 Å². The van der Waals surface area contributed by atoms with E-state index in [1.165, 1.54) is 0 Å². The van der Waals surface area contributed by atoms with Crippen LogP contribution in [-0.2, 0) is 6.61 Å². The molecule has 2 aromatic carbocycles. The summed E-state index contributed by atoms with van der Waals surface area (Å²) in [6, 6.07) is 11.1. The van der Waals surface area contributed by atoms with Gasteiger partial charge in [-0.1, -0.05) is 6.07 Å². The topological polar surface area (TPSA) is 61.3 Å². The van der Waals surface area contributed by atoms with Gasteiger partial charge in [0.25, 0.3) is 0 Å². The van der Waals surface area contributed by atoms with Crippen molar-refractivity contribution in [3.05, 3.63) is 51.2 Å². The van der Waals surface area contributed by atoms with Crippen molar-refractivity contribution >= 4 is 48.6 Å². The van der Waals surface area contributed by atoms with E-state index in [1.54, 1.807) is 18.2 Å². The Bertz CT molecular complexity index is 751. The molecule has 4 nitrogen and oxygen atoms in total. The van der Waals surface area contributed by atoms with E-state index in [-0.39, 0.29) is 6.61 Å². The van der Waals surface area contributed by atoms with E-state index in [0.29, 0.717) is 22.9 Å². The number of ether oxygens (including phenoxy) is 1. The fourth-order valence-corrected chi connectivity index (χ4v) is 3.04. The van der Waals surface area contributed by atoms with Crippen LogP contribution in [0.15, 0.2) is 49.8 Å². The quantitative estimate of drug-likeness (QED) is 0.660. The molecule has 102 valence electrons. The van der Waals surface area contributed by atoms with E-state index in [1.807, 2.05) is 18.2 Å². The number of halogens is 2. The summed E-state index contributed by atoms with van der Waals surface area (Å²) in [5.41, 5.74) is 7.80. The molecule has 0 unspecified atom stereocenters. The van der Waals surface area contributed by atoms with Crippen molar-refractivity contribution in [2.24, 2.45) is 0 Å². The number of hydrogen-bond donors (Lipinski definition) is 1. The molecule has 0 atom stereocenters. The van der Waals surface area contributed by atoms with E-state index in [9.17, 15) is 0 Å². The van der Waals surface area contributed by atoms with Crippen molar-refractivity contribution in [2.75, 3.05) is 5.73 Å². The first-order chi connectivity index (χ1) is 9.63. The second kappa shape index (κ2) is 5.46. The van der Waals surface area contributed by atoms with E-state index in [4.69, 9.17) is 14.9 Å². The van der Waals surface area contributed by atoms with Crippen molar-refractivity contribution in [1.29, 1.82) is 0 Å². The number of nitrogen functional groups attached to an aromatic ring is 1. The third-order valence-corrected chi connectivity index (χ3v) is 3.96. The maximum absolute atomic E-state index is 5.73. The minimum absolute atomic E-state index is 0.246. The van der Waals surface area contributed by atoms with E-state index in [2.05, 4.69) is 36.8 Å². The number of benzene rings is 2. The molecule has 6 heteroatoms. The average Bonchev–Trinajstić information content (AvgIpc) is 2.80. The summed E-state index contributed by atoms with van der Waals surface area (Å²) >= 11 is 6.88. The lowest BCUT2D eigenvalue weighted by Gasteiger charge is -2.07. The van der Waals surface area contributed by atoms with Crippen molar-refractivity contribution < 1.29 is 9.15 Å². The average molecular weight is 398 g/mol. The van der Waals surface area contributed by atoms with Crippen LogP contribution in [0.1, 0.15) is 5.89 Å². The fourth-order valence-electron chi connectivity index (χ4n) is 1.81. The molecule has 0 aliphatic heterocycles. The van der Waals surface area contributed by atoms with Crippen LogP contribution in [0.25, 0.3) is 11.1 Å². The molecule has 1 heterocycles. The third kappa shape index (κ3) is 2.66. The Hall–Kier alpha value is -1.53. The molecule has 1 aromatic heterocycles. The molecule has 3 rings (SSSR count). The van der Waals surface area contributed by atoms with Crippen molar-refractivity contribution in [3.63, 3.8) is 0 Å². The van der Waals surface area contributed by atoms with Crippen molar-refractivity contribution in [1.82, 2.24) is 4.98 Å². The van der Waals surface area contributed by atoms with Gasteiger partial charge in [-0.2, -0.15) is 0 Å². The van der Waals surface area contributed by atoms with Gasteiger partial charge in [-0.15, -0.1) is 0 Å². The number of oxazole rings is 1. The summed E-state index contributed by atoms with van der Waals surface area (Å²) in [6.07, 6.45) is 0. The molecule has 2 N–H and O–H groups in total. The minimum atomic E-state index is 0.246. The smallest absolute Gasteiger partial charge is 0.233 e. The predicted molar refractivity (Wildman–Crippen MR) is 84.6 cm³/mol. The van der Waals surface area contributed by atoms with Crippen molar-refractivity contribution in [2.45, 2.75) is 6.61 Å². The van der Waals surface area contributed by atoms with Gasteiger partial charge in [0.15, 0.2) is 12.2 Å². The molecule has 0 aliphatic carbocycles. The molecule has 0 fully saturated rings. The summed E-state index contributed by atoms with van der Waals surface area (Å²) in [5.74, 6) is 1.22. The van der Waals surface area contributed by atoms with Gasteiger partial charge < -0.3 is 14.9 Å². The number of rotatable bonds is 3. The molecular formula is C14H10Br2N2O2. The Balaban J connectivity index is 1.83. The fraction of sp³-hybridized carbons (Fsp3) is 0.0714. The monoisotopic (exact) mass is 396 g/mol. The Morgan fingerprint density at radius 2 is 1.90 bits per heavy atom. The molecule has 0 bridgehead atoms. The van der Waals surface area contributed by atoms with Gasteiger partial charge in [0.05, 0.1) is 8.95 Å². The Labute approximate surface area is 132 Å². The first-order valence-electron chi connectivity index (χ1n) is 5.85. The lowest BCUT2D eigenvalue weighted by atomic mass is 10.3. The maximum Gasteiger partial charge on any atom is 0.233 e.